The molecule has 0 saturated carbocycles. The highest BCUT2D eigenvalue weighted by Crippen LogP contribution is 2.34. The fourth-order valence-electron chi connectivity index (χ4n) is 0.828. The van der Waals surface area contributed by atoms with Crippen LogP contribution in [0.5, 0.6) is 0 Å². The minimum Gasteiger partial charge on any atom is -0.321 e. The molecule has 1 aromatic rings. The quantitative estimate of drug-likeness (QED) is 0.709. The van der Waals surface area contributed by atoms with E-state index in [9.17, 15) is 4.79 Å². The molecule has 11 heavy (non-hydrogen) atoms. The van der Waals surface area contributed by atoms with Crippen molar-refractivity contribution in [1.29, 1.82) is 0 Å². The van der Waals surface area contributed by atoms with Gasteiger partial charge in [-0.25, -0.2) is 0 Å². The van der Waals surface area contributed by atoms with Gasteiger partial charge < -0.3 is 5.32 Å². The standard InChI is InChI=1S/C5H4BrN3OS/c6-4-3-5(9-8-4)11-1-2(10)7-3/h1H2,(H,7,10)(H,8,9). The van der Waals surface area contributed by atoms with Crippen LogP contribution in [0, 0.1) is 0 Å². The predicted molar refractivity (Wildman–Crippen MR) is 45.6 cm³/mol. The van der Waals surface area contributed by atoms with Crippen LogP contribution in [-0.4, -0.2) is 21.9 Å². The van der Waals surface area contributed by atoms with Crippen molar-refractivity contribution in [1.82, 2.24) is 10.2 Å². The lowest BCUT2D eigenvalue weighted by Gasteiger charge is -2.09. The lowest BCUT2D eigenvalue weighted by Crippen LogP contribution is -2.18. The van der Waals surface area contributed by atoms with Crippen LogP contribution in [0.1, 0.15) is 0 Å². The van der Waals surface area contributed by atoms with Crippen LogP contribution >= 0.6 is 27.7 Å². The number of carbonyl (C=O) groups is 1. The maximum atomic E-state index is 10.9. The van der Waals surface area contributed by atoms with Crippen LogP contribution in [0.2, 0.25) is 0 Å². The summed E-state index contributed by atoms with van der Waals surface area (Å²) >= 11 is 4.67. The zero-order valence-electron chi connectivity index (χ0n) is 5.35. The zero-order valence-corrected chi connectivity index (χ0v) is 7.75. The summed E-state index contributed by atoms with van der Waals surface area (Å²) in [5.41, 5.74) is 0.756. The Morgan fingerprint density at radius 2 is 2.45 bits per heavy atom. The number of hydrogen-bond acceptors (Lipinski definition) is 3. The van der Waals surface area contributed by atoms with E-state index in [1.807, 2.05) is 0 Å². The number of H-pyrrole nitrogens is 1. The van der Waals surface area contributed by atoms with E-state index in [1.54, 1.807) is 0 Å². The highest BCUT2D eigenvalue weighted by atomic mass is 79.9. The molecule has 0 fully saturated rings. The minimum absolute atomic E-state index is 0.0181. The summed E-state index contributed by atoms with van der Waals surface area (Å²) in [6.07, 6.45) is 0. The van der Waals surface area contributed by atoms with E-state index in [0.717, 1.165) is 15.3 Å². The molecule has 58 valence electrons. The molecule has 4 nitrogen and oxygen atoms in total. The molecule has 0 aliphatic carbocycles. The summed E-state index contributed by atoms with van der Waals surface area (Å²) in [4.78, 5) is 10.9. The molecule has 2 heterocycles. The molecular formula is C5H4BrN3OS. The number of carbonyl (C=O) groups excluding carboxylic acids is 1. The van der Waals surface area contributed by atoms with Gasteiger partial charge in [0.2, 0.25) is 5.91 Å². The largest absolute Gasteiger partial charge is 0.321 e. The summed E-state index contributed by atoms with van der Waals surface area (Å²) in [6, 6.07) is 0. The van der Waals surface area contributed by atoms with Crippen molar-refractivity contribution in [2.24, 2.45) is 0 Å². The second-order valence-corrected chi connectivity index (χ2v) is 3.81. The SMILES string of the molecule is O=C1CSc2n[nH]c(Br)c2N1. The molecular weight excluding hydrogens is 230 g/mol. The number of nitrogens with one attached hydrogen (secondary N) is 2. The Balaban J connectivity index is 2.45. The van der Waals surface area contributed by atoms with Gasteiger partial charge >= 0.3 is 0 Å². The van der Waals surface area contributed by atoms with Crippen molar-refractivity contribution >= 4 is 39.3 Å². The van der Waals surface area contributed by atoms with E-state index in [-0.39, 0.29) is 5.91 Å². The Hall–Kier alpha value is -0.490. The maximum Gasteiger partial charge on any atom is 0.234 e. The van der Waals surface area contributed by atoms with Gasteiger partial charge in [-0.3, -0.25) is 9.89 Å². The number of thioether (sulfide) groups is 1. The number of rotatable bonds is 0. The van der Waals surface area contributed by atoms with Gasteiger partial charge in [-0.05, 0) is 15.9 Å². The second kappa shape index (κ2) is 2.53. The number of aromatic nitrogens is 2. The van der Waals surface area contributed by atoms with Crippen LogP contribution in [-0.2, 0) is 4.79 Å². The van der Waals surface area contributed by atoms with Crippen LogP contribution in [0.4, 0.5) is 5.69 Å². The smallest absolute Gasteiger partial charge is 0.234 e. The number of nitrogens with zero attached hydrogens (tertiary/aromatic N) is 1. The molecule has 0 bridgehead atoms. The summed E-state index contributed by atoms with van der Waals surface area (Å²) in [5, 5.41) is 10.2. The van der Waals surface area contributed by atoms with E-state index in [2.05, 4.69) is 31.4 Å². The van der Waals surface area contributed by atoms with Gasteiger partial charge in [0.15, 0.2) is 0 Å². The van der Waals surface area contributed by atoms with Crippen molar-refractivity contribution in [2.75, 3.05) is 11.1 Å². The van der Waals surface area contributed by atoms with Crippen molar-refractivity contribution in [2.45, 2.75) is 5.03 Å². The fourth-order valence-corrected chi connectivity index (χ4v) is 2.08. The molecule has 2 N–H and O–H groups in total. The van der Waals surface area contributed by atoms with Crippen molar-refractivity contribution in [3.05, 3.63) is 4.60 Å². The third-order valence-corrected chi connectivity index (χ3v) is 2.84. The topological polar surface area (TPSA) is 57.8 Å². The summed E-state index contributed by atoms with van der Waals surface area (Å²) in [6.45, 7) is 0. The number of fused-ring (bicyclic) bond motifs is 1. The monoisotopic (exact) mass is 233 g/mol. The first-order chi connectivity index (χ1) is 5.27. The zero-order chi connectivity index (χ0) is 7.84. The molecule has 0 spiro atoms. The molecule has 1 amide bonds. The third kappa shape index (κ3) is 1.16. The van der Waals surface area contributed by atoms with Gasteiger partial charge in [0.05, 0.1) is 5.75 Å². The average molecular weight is 234 g/mol. The Morgan fingerprint density at radius 1 is 1.64 bits per heavy atom. The molecule has 6 heteroatoms. The first-order valence-corrected chi connectivity index (χ1v) is 4.72. The predicted octanol–water partition coefficient (Wildman–Crippen LogP) is 1.22. The lowest BCUT2D eigenvalue weighted by molar-refractivity contribution is -0.113. The van der Waals surface area contributed by atoms with Crippen LogP contribution in [0.15, 0.2) is 9.63 Å². The van der Waals surface area contributed by atoms with Gasteiger partial charge in [0, 0.05) is 0 Å². The molecule has 0 atom stereocenters. The Labute approximate surface area is 75.3 Å². The van der Waals surface area contributed by atoms with Crippen LogP contribution in [0.3, 0.4) is 0 Å². The van der Waals surface area contributed by atoms with Gasteiger partial charge in [-0.15, -0.1) is 0 Å². The first kappa shape index (κ1) is 7.17. The van der Waals surface area contributed by atoms with Gasteiger partial charge in [-0.2, -0.15) is 5.10 Å². The second-order valence-electron chi connectivity index (χ2n) is 2.05. The molecule has 0 aromatic carbocycles. The molecule has 0 unspecified atom stereocenters. The van der Waals surface area contributed by atoms with E-state index in [4.69, 9.17) is 0 Å². The summed E-state index contributed by atoms with van der Waals surface area (Å²) in [7, 11) is 0. The molecule has 1 aliphatic heterocycles. The maximum absolute atomic E-state index is 10.9. The Morgan fingerprint density at radius 3 is 3.27 bits per heavy atom. The molecule has 1 aliphatic rings. The fraction of sp³-hybridized carbons (Fsp3) is 0.200. The Bertz CT molecular complexity index is 311. The minimum atomic E-state index is 0.0181. The summed E-state index contributed by atoms with van der Waals surface area (Å²) < 4.78 is 0.730. The lowest BCUT2D eigenvalue weighted by atomic mass is 10.5. The van der Waals surface area contributed by atoms with E-state index >= 15 is 0 Å². The van der Waals surface area contributed by atoms with Gasteiger partial charge in [0.25, 0.3) is 0 Å². The first-order valence-electron chi connectivity index (χ1n) is 2.94. The van der Waals surface area contributed by atoms with Crippen molar-refractivity contribution in [3.63, 3.8) is 0 Å². The molecule has 0 radical (unpaired) electrons. The van der Waals surface area contributed by atoms with Crippen LogP contribution < -0.4 is 5.32 Å². The number of hydrogen-bond donors (Lipinski definition) is 2. The van der Waals surface area contributed by atoms with Gasteiger partial charge in [-0.1, -0.05) is 11.8 Å². The number of anilines is 1. The van der Waals surface area contributed by atoms with Crippen molar-refractivity contribution in [3.8, 4) is 0 Å². The third-order valence-electron chi connectivity index (χ3n) is 1.29. The number of amides is 1. The van der Waals surface area contributed by atoms with Crippen LogP contribution in [0.25, 0.3) is 0 Å². The number of aromatic amines is 1. The highest BCUT2D eigenvalue weighted by Gasteiger charge is 2.20. The molecule has 2 rings (SSSR count). The number of halogens is 1. The van der Waals surface area contributed by atoms with Crippen molar-refractivity contribution < 1.29 is 4.79 Å². The molecule has 0 saturated heterocycles. The normalized spacial score (nSPS) is 15.9. The van der Waals surface area contributed by atoms with E-state index in [1.165, 1.54) is 11.8 Å². The summed E-state index contributed by atoms with van der Waals surface area (Å²) in [5.74, 6) is 0.467. The highest BCUT2D eigenvalue weighted by molar-refractivity contribution is 9.10. The van der Waals surface area contributed by atoms with E-state index < -0.39 is 0 Å². The molecule has 1 aromatic heterocycles. The van der Waals surface area contributed by atoms with E-state index in [0.29, 0.717) is 5.75 Å². The Kier molecular flexibility index (Phi) is 1.65. The van der Waals surface area contributed by atoms with Gasteiger partial charge in [0.1, 0.15) is 15.3 Å². The average Bonchev–Trinajstić information content (AvgIpc) is 2.33.